The van der Waals surface area contributed by atoms with Crippen LogP contribution in [-0.2, 0) is 22.7 Å². The van der Waals surface area contributed by atoms with Crippen molar-refractivity contribution in [3.05, 3.63) is 112 Å². The molecule has 0 saturated carbocycles. The number of carboxylic acid groups (broad SMARTS) is 1. The van der Waals surface area contributed by atoms with E-state index >= 15 is 0 Å². The quantitative estimate of drug-likeness (QED) is 0.0996. The Balaban J connectivity index is 0.000000236. The number of halogens is 1. The van der Waals surface area contributed by atoms with Gasteiger partial charge in [0.15, 0.2) is 0 Å². The molecular weight excluding hydrogens is 661 g/mol. The number of benzene rings is 3. The molecule has 4 aromatic rings. The summed E-state index contributed by atoms with van der Waals surface area (Å²) in [6, 6.07) is 26.1. The van der Waals surface area contributed by atoms with Crippen LogP contribution >= 0.6 is 23.4 Å². The second-order valence-electron chi connectivity index (χ2n) is 11.8. The molecule has 6 rings (SSSR count). The molecule has 0 spiro atoms. The number of carbonyl (C=O) groups excluding carboxylic acids is 2. The molecule has 3 aromatic carbocycles. The van der Waals surface area contributed by atoms with E-state index < -0.39 is 40.0 Å². The number of hydrogen-bond donors (Lipinski definition) is 4. The number of carboxylic acids is 1. The molecule has 3 atom stereocenters. The molecule has 2 fully saturated rings. The van der Waals surface area contributed by atoms with Gasteiger partial charge in [-0.05, 0) is 38.0 Å². The van der Waals surface area contributed by atoms with Crippen molar-refractivity contribution in [1.29, 1.82) is 0 Å². The first-order valence-electron chi connectivity index (χ1n) is 15.3. The summed E-state index contributed by atoms with van der Waals surface area (Å²) in [5.74, 6) is -1.70. The van der Waals surface area contributed by atoms with Crippen LogP contribution in [0.25, 0.3) is 11.3 Å². The average Bonchev–Trinajstić information content (AvgIpc) is 3.57. The molecule has 2 aliphatic rings. The zero-order valence-corrected chi connectivity index (χ0v) is 31.0. The van der Waals surface area contributed by atoms with E-state index in [1.54, 1.807) is 45.0 Å². The topological polar surface area (TPSA) is 137 Å². The molecule has 2 amide bonds. The minimum Gasteiger partial charge on any atom is -0.480 e. The first-order chi connectivity index (χ1) is 22.6. The maximum Gasteiger partial charge on any atom is 0.327 e. The van der Waals surface area contributed by atoms with E-state index in [-0.39, 0.29) is 40.8 Å². The Morgan fingerprint density at radius 2 is 1.48 bits per heavy atom. The molecule has 0 aliphatic carbocycles. The van der Waals surface area contributed by atoms with Crippen LogP contribution in [0.3, 0.4) is 0 Å². The molecule has 0 bridgehead atoms. The van der Waals surface area contributed by atoms with Gasteiger partial charge in [0, 0.05) is 66.0 Å². The smallest absolute Gasteiger partial charge is 0.327 e. The minimum atomic E-state index is -1.06. The maximum atomic E-state index is 13.0. The Hall–Kier alpha value is -3.16. The Labute approximate surface area is 311 Å². The number of thioether (sulfide) groups is 1. The largest absolute Gasteiger partial charge is 0.480 e. The summed E-state index contributed by atoms with van der Waals surface area (Å²) < 4.78 is 4.54. The molecular formula is C35H38ClN5NaO5S. The number of aryl methyl sites for hydroxylation is 1. The van der Waals surface area contributed by atoms with Gasteiger partial charge in [-0.25, -0.2) is 4.79 Å². The molecule has 13 heteroatoms. The Kier molecular flexibility index (Phi) is 13.3. The third kappa shape index (κ3) is 8.70. The van der Waals surface area contributed by atoms with Crippen molar-refractivity contribution in [2.45, 2.75) is 56.1 Å². The van der Waals surface area contributed by atoms with Crippen LogP contribution in [0, 0.1) is 6.92 Å². The Morgan fingerprint density at radius 3 is 2.02 bits per heavy atom. The first kappa shape index (κ1) is 37.7. The van der Waals surface area contributed by atoms with Gasteiger partial charge in [-0.1, -0.05) is 95.6 Å². The second kappa shape index (κ2) is 17.0. The van der Waals surface area contributed by atoms with Crippen molar-refractivity contribution < 1.29 is 24.0 Å². The van der Waals surface area contributed by atoms with Gasteiger partial charge in [0.1, 0.15) is 34.5 Å². The molecule has 247 valence electrons. The van der Waals surface area contributed by atoms with Gasteiger partial charge in [-0.15, -0.1) is 11.8 Å². The van der Waals surface area contributed by atoms with Crippen LogP contribution in [0.15, 0.2) is 89.5 Å². The van der Waals surface area contributed by atoms with E-state index in [9.17, 15) is 19.5 Å². The number of β-lactam (4-membered cyclic amide) rings is 1. The van der Waals surface area contributed by atoms with Crippen molar-refractivity contribution >= 4 is 70.7 Å². The van der Waals surface area contributed by atoms with E-state index in [0.29, 0.717) is 16.3 Å². The van der Waals surface area contributed by atoms with Crippen molar-refractivity contribution in [3.63, 3.8) is 0 Å². The van der Waals surface area contributed by atoms with Crippen LogP contribution in [0.5, 0.6) is 0 Å². The summed E-state index contributed by atoms with van der Waals surface area (Å²) in [4.78, 5) is 38.6. The van der Waals surface area contributed by atoms with Crippen molar-refractivity contribution in [1.82, 2.24) is 26.0 Å². The number of rotatable bonds is 11. The third-order valence-corrected chi connectivity index (χ3v) is 9.90. The molecule has 2 saturated heterocycles. The van der Waals surface area contributed by atoms with E-state index in [1.807, 2.05) is 12.1 Å². The normalized spacial score (nSPS) is 18.9. The number of nitrogens with zero attached hydrogens (tertiary/aromatic N) is 2. The van der Waals surface area contributed by atoms with Gasteiger partial charge >= 0.3 is 5.97 Å². The summed E-state index contributed by atoms with van der Waals surface area (Å²) in [6.45, 7) is 9.01. The van der Waals surface area contributed by atoms with Crippen LogP contribution < -0.4 is 16.0 Å². The molecule has 0 unspecified atom stereocenters. The minimum absolute atomic E-state index is 0. The number of aliphatic carboxylic acids is 1. The van der Waals surface area contributed by atoms with Gasteiger partial charge in [0.2, 0.25) is 5.91 Å². The van der Waals surface area contributed by atoms with Gasteiger partial charge in [-0.2, -0.15) is 0 Å². The van der Waals surface area contributed by atoms with Crippen molar-refractivity contribution in [2.75, 3.05) is 13.1 Å². The van der Waals surface area contributed by atoms with E-state index in [1.165, 1.54) is 27.8 Å². The SMILES string of the molecule is Cc1onc(-c2ccccc2Cl)c1C(=O)N[C@@H]1C(=O)N2[C@@H]1SC(C)(C)[C@@H]2C(=O)O.[Na].c1ccc(CNCCNCc2ccccc2)cc1. The van der Waals surface area contributed by atoms with E-state index in [0.717, 1.165) is 26.2 Å². The summed E-state index contributed by atoms with van der Waals surface area (Å²) in [5.41, 5.74) is 3.69. The van der Waals surface area contributed by atoms with Crippen LogP contribution in [-0.4, -0.2) is 97.8 Å². The van der Waals surface area contributed by atoms with Crippen molar-refractivity contribution in [3.8, 4) is 11.3 Å². The summed E-state index contributed by atoms with van der Waals surface area (Å²) >= 11 is 7.59. The fourth-order valence-electron chi connectivity index (χ4n) is 5.67. The van der Waals surface area contributed by atoms with Crippen LogP contribution in [0.1, 0.15) is 41.1 Å². The third-order valence-electron chi connectivity index (χ3n) is 8.00. The number of hydrogen-bond acceptors (Lipinski definition) is 8. The Morgan fingerprint density at radius 1 is 0.938 bits per heavy atom. The number of nitrogens with one attached hydrogen (secondary N) is 3. The maximum absolute atomic E-state index is 13.0. The number of aromatic nitrogens is 1. The fraction of sp³-hybridized carbons (Fsp3) is 0.314. The fourth-order valence-corrected chi connectivity index (χ4v) is 7.52. The monoisotopic (exact) mass is 698 g/mol. The van der Waals surface area contributed by atoms with Gasteiger partial charge in [0.05, 0.1) is 5.02 Å². The van der Waals surface area contributed by atoms with Gasteiger partial charge in [-0.3, -0.25) is 9.59 Å². The predicted molar refractivity (Wildman–Crippen MR) is 189 cm³/mol. The molecule has 1 aromatic heterocycles. The number of fused-ring (bicyclic) bond motifs is 1. The molecule has 48 heavy (non-hydrogen) atoms. The second-order valence-corrected chi connectivity index (χ2v) is 14.0. The van der Waals surface area contributed by atoms with E-state index in [4.69, 9.17) is 16.1 Å². The summed E-state index contributed by atoms with van der Waals surface area (Å²) in [7, 11) is 0. The number of carbonyl (C=O) groups is 3. The zero-order valence-electron chi connectivity index (χ0n) is 27.4. The van der Waals surface area contributed by atoms with Gasteiger partial charge in [0.25, 0.3) is 5.91 Å². The summed E-state index contributed by atoms with van der Waals surface area (Å²) in [5, 5.41) is 23.0. The molecule has 4 N–H and O–H groups in total. The summed E-state index contributed by atoms with van der Waals surface area (Å²) in [6.07, 6.45) is 0. The molecule has 2 aliphatic heterocycles. The zero-order chi connectivity index (χ0) is 33.6. The molecule has 3 heterocycles. The predicted octanol–water partition coefficient (Wildman–Crippen LogP) is 4.73. The average molecular weight is 699 g/mol. The number of amides is 2. The van der Waals surface area contributed by atoms with Crippen molar-refractivity contribution in [2.24, 2.45) is 0 Å². The van der Waals surface area contributed by atoms with E-state index in [2.05, 4.69) is 69.6 Å². The Bertz CT molecular complexity index is 1660. The standard InChI is InChI=1S/C19H18ClN3O5S.C16H20N2.Na/c1-8-11(12(22-28-8)9-6-4-5-7-10(9)20)15(24)21-13-16(25)23-14(18(26)27)19(2,3)29-17(13)23;1-3-7-15(8-4-1)13-17-11-12-18-14-16-9-5-2-6-10-16;/h4-7,13-14,17H,1-3H3,(H,21,24)(H,26,27);1-10,17-18H,11-14H2;/t13-,14+,17-;;/m1../s1. The van der Waals surface area contributed by atoms with Crippen LogP contribution in [0.4, 0.5) is 0 Å². The molecule has 1 radical (unpaired) electrons. The molecule has 10 nitrogen and oxygen atoms in total. The first-order valence-corrected chi connectivity index (χ1v) is 16.6. The van der Waals surface area contributed by atoms with Gasteiger partial charge < -0.3 is 30.5 Å². The van der Waals surface area contributed by atoms with Crippen LogP contribution in [0.2, 0.25) is 5.02 Å².